The monoisotopic (exact) mass is 235 g/mol. The molecule has 2 nitrogen and oxygen atoms in total. The highest BCUT2D eigenvalue weighted by molar-refractivity contribution is 5.99. The first-order chi connectivity index (χ1) is 8.24. The number of allylic oxidation sites excluding steroid dienone is 2. The molecule has 1 fully saturated rings. The Bertz CT molecular complexity index is 332. The number of carbonyl (C=O) groups is 1. The van der Waals surface area contributed by atoms with E-state index in [0.29, 0.717) is 11.8 Å². The van der Waals surface area contributed by atoms with E-state index in [0.717, 1.165) is 31.3 Å². The maximum Gasteiger partial charge on any atom is 0.165 e. The van der Waals surface area contributed by atoms with E-state index in [4.69, 9.17) is 0 Å². The highest BCUT2D eigenvalue weighted by Crippen LogP contribution is 2.39. The highest BCUT2D eigenvalue weighted by Gasteiger charge is 2.41. The van der Waals surface area contributed by atoms with Gasteiger partial charge in [-0.25, -0.2) is 0 Å². The largest absolute Gasteiger partial charge is 0.371 e. The first-order valence-corrected chi connectivity index (χ1v) is 7.27. The molecule has 2 heterocycles. The number of hydrogen-bond donors (Lipinski definition) is 0. The van der Waals surface area contributed by atoms with Gasteiger partial charge in [0.05, 0.1) is 0 Å². The fourth-order valence-electron chi connectivity index (χ4n) is 3.63. The zero-order chi connectivity index (χ0) is 12.4. The fourth-order valence-corrected chi connectivity index (χ4v) is 3.63. The molecule has 0 saturated carbocycles. The van der Waals surface area contributed by atoms with Gasteiger partial charge in [-0.1, -0.05) is 27.2 Å². The van der Waals surface area contributed by atoms with Crippen LogP contribution in [-0.2, 0) is 4.79 Å². The van der Waals surface area contributed by atoms with Gasteiger partial charge < -0.3 is 4.90 Å². The third-order valence-electron chi connectivity index (χ3n) is 4.37. The summed E-state index contributed by atoms with van der Waals surface area (Å²) in [7, 11) is 0. The summed E-state index contributed by atoms with van der Waals surface area (Å²) in [5.74, 6) is 0.731. The summed E-state index contributed by atoms with van der Waals surface area (Å²) in [4.78, 5) is 15.1. The van der Waals surface area contributed by atoms with Gasteiger partial charge in [-0.2, -0.15) is 0 Å². The highest BCUT2D eigenvalue weighted by atomic mass is 16.1. The lowest BCUT2D eigenvalue weighted by Gasteiger charge is -2.40. The van der Waals surface area contributed by atoms with Crippen LogP contribution in [0.15, 0.2) is 11.3 Å². The standard InChI is InChI=1S/C15H25NO/c1-4-8-13-11(5-2)15(17)12(6-3)14-9-7-10-16(13)14/h12,14H,4-10H2,1-3H3/t12-,14-/m1/s1. The Hall–Kier alpha value is -0.790. The van der Waals surface area contributed by atoms with Crippen LogP contribution in [0.2, 0.25) is 0 Å². The molecule has 2 aliphatic rings. The minimum atomic E-state index is 0.271. The van der Waals surface area contributed by atoms with E-state index in [-0.39, 0.29) is 5.92 Å². The Morgan fingerprint density at radius 2 is 2.06 bits per heavy atom. The summed E-state index contributed by atoms with van der Waals surface area (Å²) < 4.78 is 0. The van der Waals surface area contributed by atoms with Crippen LogP contribution >= 0.6 is 0 Å². The summed E-state index contributed by atoms with van der Waals surface area (Å²) in [5, 5.41) is 0. The average Bonchev–Trinajstić information content (AvgIpc) is 2.79. The van der Waals surface area contributed by atoms with Gasteiger partial charge in [-0.3, -0.25) is 4.79 Å². The SMILES string of the molecule is CCCC1=C(CC)C(=O)[C@H](CC)[C@H]2CCCN12. The number of ketones is 1. The lowest BCUT2D eigenvalue weighted by molar-refractivity contribution is -0.122. The molecule has 0 bridgehead atoms. The Balaban J connectivity index is 2.39. The quantitative estimate of drug-likeness (QED) is 0.743. The molecule has 0 radical (unpaired) electrons. The second kappa shape index (κ2) is 5.24. The van der Waals surface area contributed by atoms with E-state index >= 15 is 0 Å². The second-order valence-electron chi connectivity index (χ2n) is 5.31. The van der Waals surface area contributed by atoms with Crippen LogP contribution in [0.5, 0.6) is 0 Å². The Morgan fingerprint density at radius 3 is 2.65 bits per heavy atom. The number of fused-ring (bicyclic) bond motifs is 1. The van der Waals surface area contributed by atoms with Gasteiger partial charge in [0, 0.05) is 29.8 Å². The predicted molar refractivity (Wildman–Crippen MR) is 70.7 cm³/mol. The van der Waals surface area contributed by atoms with Gasteiger partial charge in [0.1, 0.15) is 0 Å². The molecule has 0 aromatic rings. The minimum Gasteiger partial charge on any atom is -0.371 e. The lowest BCUT2D eigenvalue weighted by atomic mass is 9.81. The normalized spacial score (nSPS) is 28.9. The van der Waals surface area contributed by atoms with Gasteiger partial charge in [0.15, 0.2) is 5.78 Å². The van der Waals surface area contributed by atoms with Crippen molar-refractivity contribution >= 4 is 5.78 Å². The maximum absolute atomic E-state index is 12.5. The van der Waals surface area contributed by atoms with Crippen molar-refractivity contribution in [3.63, 3.8) is 0 Å². The van der Waals surface area contributed by atoms with E-state index < -0.39 is 0 Å². The molecule has 17 heavy (non-hydrogen) atoms. The summed E-state index contributed by atoms with van der Waals surface area (Å²) in [6.45, 7) is 7.68. The summed E-state index contributed by atoms with van der Waals surface area (Å²) in [6, 6.07) is 0.518. The molecule has 0 unspecified atom stereocenters. The van der Waals surface area contributed by atoms with Crippen LogP contribution < -0.4 is 0 Å². The van der Waals surface area contributed by atoms with Crippen molar-refractivity contribution in [2.24, 2.45) is 5.92 Å². The van der Waals surface area contributed by atoms with Crippen LogP contribution in [0.25, 0.3) is 0 Å². The second-order valence-corrected chi connectivity index (χ2v) is 5.31. The number of nitrogens with zero attached hydrogens (tertiary/aromatic N) is 1. The summed E-state index contributed by atoms with van der Waals surface area (Å²) in [5.41, 5.74) is 2.52. The molecule has 0 amide bonds. The van der Waals surface area contributed by atoms with E-state index in [9.17, 15) is 4.79 Å². The van der Waals surface area contributed by atoms with Crippen molar-refractivity contribution in [3.05, 3.63) is 11.3 Å². The molecule has 0 aliphatic carbocycles. The predicted octanol–water partition coefficient (Wildman–Crippen LogP) is 3.52. The topological polar surface area (TPSA) is 20.3 Å². The molecule has 1 saturated heterocycles. The van der Waals surface area contributed by atoms with E-state index in [1.165, 1.54) is 25.1 Å². The van der Waals surface area contributed by atoms with Crippen molar-refractivity contribution in [1.82, 2.24) is 4.90 Å². The van der Waals surface area contributed by atoms with E-state index in [1.807, 2.05) is 0 Å². The molecule has 2 aliphatic heterocycles. The van der Waals surface area contributed by atoms with Gasteiger partial charge >= 0.3 is 0 Å². The molecular formula is C15H25NO. The van der Waals surface area contributed by atoms with Gasteiger partial charge in [0.2, 0.25) is 0 Å². The van der Waals surface area contributed by atoms with Crippen LogP contribution in [0.1, 0.15) is 59.3 Å². The van der Waals surface area contributed by atoms with Crippen LogP contribution in [0, 0.1) is 5.92 Å². The molecular weight excluding hydrogens is 210 g/mol. The van der Waals surface area contributed by atoms with Crippen LogP contribution in [0.4, 0.5) is 0 Å². The zero-order valence-electron chi connectivity index (χ0n) is 11.5. The zero-order valence-corrected chi connectivity index (χ0v) is 11.5. The fraction of sp³-hybridized carbons (Fsp3) is 0.800. The number of hydrogen-bond acceptors (Lipinski definition) is 2. The Kier molecular flexibility index (Phi) is 3.90. The first kappa shape index (κ1) is 12.7. The number of rotatable bonds is 4. The van der Waals surface area contributed by atoms with Crippen molar-refractivity contribution in [2.75, 3.05) is 6.54 Å². The lowest BCUT2D eigenvalue weighted by Crippen LogP contribution is -2.44. The van der Waals surface area contributed by atoms with E-state index in [2.05, 4.69) is 25.7 Å². The molecule has 2 atom stereocenters. The van der Waals surface area contributed by atoms with E-state index in [1.54, 1.807) is 0 Å². The molecule has 2 heteroatoms. The van der Waals surface area contributed by atoms with Gasteiger partial charge in [-0.05, 0) is 32.1 Å². The smallest absolute Gasteiger partial charge is 0.165 e. The van der Waals surface area contributed by atoms with Crippen molar-refractivity contribution < 1.29 is 4.79 Å². The van der Waals surface area contributed by atoms with Gasteiger partial charge in [-0.15, -0.1) is 0 Å². The Morgan fingerprint density at radius 1 is 1.29 bits per heavy atom. The molecule has 0 N–H and O–H groups in total. The number of carbonyl (C=O) groups excluding carboxylic acids is 1. The average molecular weight is 235 g/mol. The third-order valence-corrected chi connectivity index (χ3v) is 4.37. The third kappa shape index (κ3) is 2.02. The molecule has 0 aromatic heterocycles. The molecule has 96 valence electrons. The maximum atomic E-state index is 12.5. The van der Waals surface area contributed by atoms with Crippen molar-refractivity contribution in [3.8, 4) is 0 Å². The Labute approximate surface area is 105 Å². The summed E-state index contributed by atoms with van der Waals surface area (Å²) >= 11 is 0. The first-order valence-electron chi connectivity index (χ1n) is 7.27. The van der Waals surface area contributed by atoms with Crippen molar-refractivity contribution in [1.29, 1.82) is 0 Å². The molecule has 2 rings (SSSR count). The molecule has 0 aromatic carbocycles. The van der Waals surface area contributed by atoms with Gasteiger partial charge in [0.25, 0.3) is 0 Å². The minimum absolute atomic E-state index is 0.271. The van der Waals surface area contributed by atoms with Crippen LogP contribution in [-0.4, -0.2) is 23.3 Å². The molecule has 0 spiro atoms. The van der Waals surface area contributed by atoms with Crippen molar-refractivity contribution in [2.45, 2.75) is 65.3 Å². The van der Waals surface area contributed by atoms with Crippen LogP contribution in [0.3, 0.4) is 0 Å². The summed E-state index contributed by atoms with van der Waals surface area (Å²) in [6.07, 6.45) is 6.62. The number of Topliss-reactive ketones (excluding diaryl/α,β-unsaturated/α-hetero) is 1.